The van der Waals surface area contributed by atoms with Gasteiger partial charge in [0.05, 0.1) is 6.10 Å². The molecule has 1 saturated carbocycles. The standard InChI is InChI=1S/C17H24OS/c18-16(12-11-14-7-3-1-4-8-14)17(19)13-15-9-5-2-6-10-15/h1,3-4,7-8,13,15-16,18-19H,2,5-6,9-12H2/b17-13-. The van der Waals surface area contributed by atoms with E-state index in [4.69, 9.17) is 0 Å². The summed E-state index contributed by atoms with van der Waals surface area (Å²) in [5.74, 6) is 0.632. The van der Waals surface area contributed by atoms with Crippen LogP contribution in [0, 0.1) is 5.92 Å². The van der Waals surface area contributed by atoms with Crippen molar-refractivity contribution in [1.82, 2.24) is 0 Å². The van der Waals surface area contributed by atoms with Crippen molar-refractivity contribution >= 4 is 12.6 Å². The first-order valence-corrected chi connectivity index (χ1v) is 7.83. The Morgan fingerprint density at radius 3 is 2.58 bits per heavy atom. The first-order valence-electron chi connectivity index (χ1n) is 7.38. The molecule has 0 amide bonds. The summed E-state index contributed by atoms with van der Waals surface area (Å²) in [4.78, 5) is 0.864. The molecule has 1 N–H and O–H groups in total. The van der Waals surface area contributed by atoms with Gasteiger partial charge < -0.3 is 5.11 Å². The van der Waals surface area contributed by atoms with Crippen molar-refractivity contribution in [1.29, 1.82) is 0 Å². The van der Waals surface area contributed by atoms with Crippen molar-refractivity contribution in [2.24, 2.45) is 5.92 Å². The first kappa shape index (κ1) is 14.7. The van der Waals surface area contributed by atoms with Crippen LogP contribution in [0.3, 0.4) is 0 Å². The quantitative estimate of drug-likeness (QED) is 0.765. The molecule has 19 heavy (non-hydrogen) atoms. The zero-order valence-electron chi connectivity index (χ0n) is 11.5. The molecule has 0 aromatic heterocycles. The third-order valence-electron chi connectivity index (χ3n) is 3.95. The number of hydrogen-bond donors (Lipinski definition) is 2. The highest BCUT2D eigenvalue weighted by Crippen LogP contribution is 2.27. The van der Waals surface area contributed by atoms with E-state index in [0.717, 1.165) is 17.7 Å². The number of rotatable bonds is 5. The summed E-state index contributed by atoms with van der Waals surface area (Å²) in [5, 5.41) is 10.2. The summed E-state index contributed by atoms with van der Waals surface area (Å²) in [6, 6.07) is 10.3. The Morgan fingerprint density at radius 1 is 1.21 bits per heavy atom. The number of thiol groups is 1. The Bertz CT molecular complexity index is 393. The van der Waals surface area contributed by atoms with Crippen LogP contribution in [0.2, 0.25) is 0 Å². The molecule has 1 nitrogen and oxygen atoms in total. The molecule has 0 saturated heterocycles. The lowest BCUT2D eigenvalue weighted by atomic mass is 9.88. The first-order chi connectivity index (χ1) is 9.25. The van der Waals surface area contributed by atoms with Crippen LogP contribution >= 0.6 is 12.6 Å². The van der Waals surface area contributed by atoms with Crippen LogP contribution in [-0.4, -0.2) is 11.2 Å². The van der Waals surface area contributed by atoms with Gasteiger partial charge in [0, 0.05) is 4.91 Å². The molecule has 2 rings (SSSR count). The van der Waals surface area contributed by atoms with Crippen molar-refractivity contribution in [3.05, 3.63) is 46.9 Å². The molecule has 104 valence electrons. The average molecular weight is 276 g/mol. The third-order valence-corrected chi connectivity index (χ3v) is 4.39. The lowest BCUT2D eigenvalue weighted by molar-refractivity contribution is 0.208. The van der Waals surface area contributed by atoms with Crippen molar-refractivity contribution in [3.63, 3.8) is 0 Å². The molecular weight excluding hydrogens is 252 g/mol. The number of hydrogen-bond acceptors (Lipinski definition) is 2. The predicted octanol–water partition coefficient (Wildman–Crippen LogP) is 4.37. The molecule has 0 spiro atoms. The Kier molecular flexibility index (Phi) is 5.99. The molecule has 2 heteroatoms. The lowest BCUT2D eigenvalue weighted by Gasteiger charge is -2.20. The van der Waals surface area contributed by atoms with E-state index in [9.17, 15) is 5.11 Å². The maximum absolute atomic E-state index is 10.2. The number of aryl methyl sites for hydroxylation is 1. The molecular formula is C17H24OS. The third kappa shape index (κ3) is 5.04. The fraction of sp³-hybridized carbons (Fsp3) is 0.529. The number of benzene rings is 1. The van der Waals surface area contributed by atoms with E-state index >= 15 is 0 Å². The summed E-state index contributed by atoms with van der Waals surface area (Å²) in [7, 11) is 0. The van der Waals surface area contributed by atoms with E-state index in [1.807, 2.05) is 18.2 Å². The number of aliphatic hydroxyl groups is 1. The highest BCUT2D eigenvalue weighted by molar-refractivity contribution is 7.84. The van der Waals surface area contributed by atoms with Gasteiger partial charge in [-0.15, -0.1) is 12.6 Å². The van der Waals surface area contributed by atoms with Crippen LogP contribution < -0.4 is 0 Å². The summed E-state index contributed by atoms with van der Waals surface area (Å²) in [6.07, 6.45) is 9.97. The fourth-order valence-corrected chi connectivity index (χ4v) is 3.09. The maximum Gasteiger partial charge on any atom is 0.0845 e. The smallest absolute Gasteiger partial charge is 0.0845 e. The second kappa shape index (κ2) is 7.76. The summed E-state index contributed by atoms with van der Waals surface area (Å²) in [6.45, 7) is 0. The SMILES string of the molecule is OC(CCc1ccccc1)/C(S)=C/C1CCCCC1. The molecule has 1 aromatic carbocycles. The number of aliphatic hydroxyl groups excluding tert-OH is 1. The predicted molar refractivity (Wildman–Crippen MR) is 84.4 cm³/mol. The van der Waals surface area contributed by atoms with Crippen molar-refractivity contribution in [2.75, 3.05) is 0 Å². The van der Waals surface area contributed by atoms with Gasteiger partial charge in [-0.2, -0.15) is 0 Å². The summed E-state index contributed by atoms with van der Waals surface area (Å²) in [5.41, 5.74) is 1.28. The average Bonchev–Trinajstić information content (AvgIpc) is 2.47. The molecule has 1 aliphatic rings. The summed E-state index contributed by atoms with van der Waals surface area (Å²) >= 11 is 4.49. The van der Waals surface area contributed by atoms with Gasteiger partial charge in [0.15, 0.2) is 0 Å². The number of allylic oxidation sites excluding steroid dienone is 1. The molecule has 0 aliphatic heterocycles. The normalized spacial score (nSPS) is 19.4. The van der Waals surface area contributed by atoms with Gasteiger partial charge in [0.25, 0.3) is 0 Å². The van der Waals surface area contributed by atoms with Crippen LogP contribution in [0.5, 0.6) is 0 Å². The van der Waals surface area contributed by atoms with Crippen LogP contribution in [-0.2, 0) is 6.42 Å². The van der Waals surface area contributed by atoms with Gasteiger partial charge in [-0.25, -0.2) is 0 Å². The molecule has 1 aliphatic carbocycles. The van der Waals surface area contributed by atoms with Gasteiger partial charge in [0.1, 0.15) is 0 Å². The van der Waals surface area contributed by atoms with E-state index < -0.39 is 6.10 Å². The van der Waals surface area contributed by atoms with Crippen LogP contribution in [0.4, 0.5) is 0 Å². The Hall–Kier alpha value is -0.730. The van der Waals surface area contributed by atoms with Gasteiger partial charge in [-0.3, -0.25) is 0 Å². The maximum atomic E-state index is 10.2. The highest BCUT2D eigenvalue weighted by atomic mass is 32.1. The van der Waals surface area contributed by atoms with Crippen molar-refractivity contribution in [3.8, 4) is 0 Å². The van der Waals surface area contributed by atoms with E-state index in [0.29, 0.717) is 5.92 Å². The molecule has 0 radical (unpaired) electrons. The van der Waals surface area contributed by atoms with E-state index in [1.54, 1.807) is 0 Å². The largest absolute Gasteiger partial charge is 0.388 e. The monoisotopic (exact) mass is 276 g/mol. The minimum atomic E-state index is -0.412. The van der Waals surface area contributed by atoms with Crippen LogP contribution in [0.15, 0.2) is 41.3 Å². The second-order valence-electron chi connectivity index (χ2n) is 5.53. The summed E-state index contributed by atoms with van der Waals surface area (Å²) < 4.78 is 0. The lowest BCUT2D eigenvalue weighted by Crippen LogP contribution is -2.11. The van der Waals surface area contributed by atoms with Crippen molar-refractivity contribution < 1.29 is 5.11 Å². The fourth-order valence-electron chi connectivity index (χ4n) is 2.75. The zero-order valence-corrected chi connectivity index (χ0v) is 12.4. The molecule has 1 fully saturated rings. The second-order valence-corrected chi connectivity index (χ2v) is 6.05. The van der Waals surface area contributed by atoms with Gasteiger partial charge >= 0.3 is 0 Å². The Morgan fingerprint density at radius 2 is 1.89 bits per heavy atom. The van der Waals surface area contributed by atoms with Crippen LogP contribution in [0.1, 0.15) is 44.1 Å². The molecule has 1 unspecified atom stereocenters. The highest BCUT2D eigenvalue weighted by Gasteiger charge is 2.14. The van der Waals surface area contributed by atoms with Crippen molar-refractivity contribution in [2.45, 2.75) is 51.0 Å². The molecule has 1 atom stereocenters. The zero-order chi connectivity index (χ0) is 13.5. The topological polar surface area (TPSA) is 20.2 Å². The Labute approximate surface area is 122 Å². The molecule has 1 aromatic rings. The van der Waals surface area contributed by atoms with Gasteiger partial charge in [-0.05, 0) is 37.2 Å². The Balaban J connectivity index is 1.81. The van der Waals surface area contributed by atoms with E-state index in [2.05, 4.69) is 30.8 Å². The minimum absolute atomic E-state index is 0.412. The minimum Gasteiger partial charge on any atom is -0.388 e. The van der Waals surface area contributed by atoms with Gasteiger partial charge in [0.2, 0.25) is 0 Å². The van der Waals surface area contributed by atoms with E-state index in [1.165, 1.54) is 37.7 Å². The van der Waals surface area contributed by atoms with Crippen LogP contribution in [0.25, 0.3) is 0 Å². The molecule has 0 heterocycles. The van der Waals surface area contributed by atoms with Gasteiger partial charge in [-0.1, -0.05) is 55.7 Å². The van der Waals surface area contributed by atoms with E-state index in [-0.39, 0.29) is 0 Å². The molecule has 0 bridgehead atoms.